The molecule has 0 aliphatic rings. The van der Waals surface area contributed by atoms with E-state index in [2.05, 4.69) is 86.8 Å². The molecule has 1 unspecified atom stereocenters. The average Bonchev–Trinajstić information content (AvgIpc) is 3.49. The summed E-state index contributed by atoms with van der Waals surface area (Å²) in [5, 5.41) is 9.71. The third-order valence-corrected chi connectivity index (χ3v) is 16.5. The SMILES string of the molecule is CC/C=C\C/C=C\C/C=C\C/C=C\CCCCCCCCCCCCCCCCCCCCCCCCC(=O)OC(CO)COC(=O)CCCCCCCCCCCCCCCCCCCCCCC/C=C\C/C=C\CCCCCCC. The van der Waals surface area contributed by atoms with Gasteiger partial charge in [0.1, 0.15) is 6.61 Å². The smallest absolute Gasteiger partial charge is 0.306 e. The Morgan fingerprint density at radius 2 is 0.524 bits per heavy atom. The molecule has 0 aromatic carbocycles. The molecule has 0 heterocycles. The van der Waals surface area contributed by atoms with Crippen LogP contribution in [0.15, 0.2) is 72.9 Å². The van der Waals surface area contributed by atoms with Crippen LogP contribution in [0.1, 0.15) is 386 Å². The first-order valence-corrected chi connectivity index (χ1v) is 36.5. The zero-order valence-electron chi connectivity index (χ0n) is 55.0. The van der Waals surface area contributed by atoms with Crippen LogP contribution >= 0.6 is 0 Å². The minimum atomic E-state index is -0.772. The van der Waals surface area contributed by atoms with Gasteiger partial charge in [-0.25, -0.2) is 0 Å². The molecule has 0 aromatic heterocycles. The molecule has 0 amide bonds. The number of allylic oxidation sites excluding steroid dienone is 12. The van der Waals surface area contributed by atoms with Crippen molar-refractivity contribution in [3.63, 3.8) is 0 Å². The molecular weight excluding hydrogens is 1000 g/mol. The van der Waals surface area contributed by atoms with Crippen LogP contribution in [0.25, 0.3) is 0 Å². The molecular formula is C77H140O5. The molecule has 0 radical (unpaired) electrons. The molecule has 82 heavy (non-hydrogen) atoms. The van der Waals surface area contributed by atoms with E-state index in [9.17, 15) is 14.7 Å². The van der Waals surface area contributed by atoms with Crippen molar-refractivity contribution in [2.24, 2.45) is 0 Å². The third kappa shape index (κ3) is 69.8. The van der Waals surface area contributed by atoms with Crippen LogP contribution in [0.4, 0.5) is 0 Å². The number of aliphatic hydroxyl groups excluding tert-OH is 1. The summed E-state index contributed by atoms with van der Waals surface area (Å²) < 4.78 is 10.8. The molecule has 0 aliphatic heterocycles. The number of carbonyl (C=O) groups excluding carboxylic acids is 2. The predicted molar refractivity (Wildman–Crippen MR) is 362 cm³/mol. The van der Waals surface area contributed by atoms with Gasteiger partial charge in [0.25, 0.3) is 0 Å². The summed E-state index contributed by atoms with van der Waals surface area (Å²) in [6.45, 7) is 4.07. The number of hydrogen-bond donors (Lipinski definition) is 1. The molecule has 0 rings (SSSR count). The quantitative estimate of drug-likeness (QED) is 0.0373. The van der Waals surface area contributed by atoms with Crippen molar-refractivity contribution in [3.8, 4) is 0 Å². The molecule has 0 aromatic rings. The zero-order chi connectivity index (χ0) is 59.1. The molecule has 1 atom stereocenters. The summed E-state index contributed by atoms with van der Waals surface area (Å²) in [4.78, 5) is 24.7. The van der Waals surface area contributed by atoms with Crippen molar-refractivity contribution in [3.05, 3.63) is 72.9 Å². The fourth-order valence-electron chi connectivity index (χ4n) is 11.1. The number of ether oxygens (including phenoxy) is 2. The third-order valence-electron chi connectivity index (χ3n) is 16.5. The maximum absolute atomic E-state index is 12.4. The fraction of sp³-hybridized carbons (Fsp3) is 0.818. The van der Waals surface area contributed by atoms with Crippen LogP contribution < -0.4 is 0 Å². The number of rotatable bonds is 68. The van der Waals surface area contributed by atoms with E-state index in [4.69, 9.17) is 9.47 Å². The lowest BCUT2D eigenvalue weighted by Gasteiger charge is -2.15. The summed E-state index contributed by atoms with van der Waals surface area (Å²) in [5.41, 5.74) is 0. The first kappa shape index (κ1) is 79.3. The Morgan fingerprint density at radius 1 is 0.293 bits per heavy atom. The van der Waals surface area contributed by atoms with Gasteiger partial charge in [0.2, 0.25) is 0 Å². The Labute approximate surface area is 512 Å². The topological polar surface area (TPSA) is 72.8 Å². The lowest BCUT2D eigenvalue weighted by molar-refractivity contribution is -0.161. The summed E-state index contributed by atoms with van der Waals surface area (Å²) in [7, 11) is 0. The number of esters is 2. The molecule has 0 saturated heterocycles. The Morgan fingerprint density at radius 3 is 0.793 bits per heavy atom. The summed E-state index contributed by atoms with van der Waals surface area (Å²) in [6, 6.07) is 0. The highest BCUT2D eigenvalue weighted by Gasteiger charge is 2.16. The van der Waals surface area contributed by atoms with Gasteiger partial charge < -0.3 is 14.6 Å². The highest BCUT2D eigenvalue weighted by molar-refractivity contribution is 5.70. The number of unbranched alkanes of at least 4 members (excludes halogenated alkanes) is 48. The van der Waals surface area contributed by atoms with Gasteiger partial charge in [-0.2, -0.15) is 0 Å². The minimum Gasteiger partial charge on any atom is -0.462 e. The molecule has 0 bridgehead atoms. The molecule has 1 N–H and O–H groups in total. The Kier molecular flexibility index (Phi) is 70.2. The summed E-state index contributed by atoms with van der Waals surface area (Å²) >= 11 is 0. The maximum atomic E-state index is 12.4. The second-order valence-electron chi connectivity index (χ2n) is 24.6. The van der Waals surface area contributed by atoms with Crippen molar-refractivity contribution in [1.29, 1.82) is 0 Å². The van der Waals surface area contributed by atoms with E-state index >= 15 is 0 Å². The average molecular weight is 1150 g/mol. The van der Waals surface area contributed by atoms with Crippen molar-refractivity contribution in [2.45, 2.75) is 392 Å². The van der Waals surface area contributed by atoms with E-state index in [-0.39, 0.29) is 25.2 Å². The standard InChI is InChI=1S/C77H140O5/c1-3-5-7-9-11-13-15-17-19-21-23-25-27-29-31-33-35-37-38-40-42-44-46-48-50-52-54-56-58-60-62-64-66-68-70-72-77(80)82-75(73-78)74-81-76(79)71-69-67-65-63-61-59-57-55-53-51-49-47-45-43-41-39-36-34-32-30-28-26-24-22-20-18-16-14-12-10-8-6-4-2/h5,7,11,13,16-19,22-25,75,78H,3-4,6,8-10,12,14-15,20-21,26-74H2,1-2H3/b7-5-,13-11-,18-16-,19-17-,24-22-,25-23-. The predicted octanol–water partition coefficient (Wildman–Crippen LogP) is 25.4. The molecule has 478 valence electrons. The first-order valence-electron chi connectivity index (χ1n) is 36.5. The van der Waals surface area contributed by atoms with Crippen LogP contribution in [-0.2, 0) is 19.1 Å². The van der Waals surface area contributed by atoms with Crippen molar-refractivity contribution in [1.82, 2.24) is 0 Å². The Hall–Kier alpha value is -2.66. The number of hydrogen-bond acceptors (Lipinski definition) is 5. The van der Waals surface area contributed by atoms with Crippen LogP contribution in [0.5, 0.6) is 0 Å². The van der Waals surface area contributed by atoms with Crippen molar-refractivity contribution in [2.75, 3.05) is 13.2 Å². The largest absolute Gasteiger partial charge is 0.462 e. The number of aliphatic hydroxyl groups is 1. The van der Waals surface area contributed by atoms with Crippen LogP contribution in [0.2, 0.25) is 0 Å². The van der Waals surface area contributed by atoms with Crippen LogP contribution in [-0.4, -0.2) is 36.4 Å². The van der Waals surface area contributed by atoms with E-state index in [1.807, 2.05) is 0 Å². The van der Waals surface area contributed by atoms with Crippen LogP contribution in [0, 0.1) is 0 Å². The number of carbonyl (C=O) groups is 2. The van der Waals surface area contributed by atoms with Gasteiger partial charge in [-0.15, -0.1) is 0 Å². The monoisotopic (exact) mass is 1150 g/mol. The van der Waals surface area contributed by atoms with E-state index in [0.717, 1.165) is 70.6 Å². The second-order valence-corrected chi connectivity index (χ2v) is 24.6. The molecule has 0 saturated carbocycles. The first-order chi connectivity index (χ1) is 40.6. The van der Waals surface area contributed by atoms with Crippen molar-refractivity contribution >= 4 is 11.9 Å². The minimum absolute atomic E-state index is 0.0611. The van der Waals surface area contributed by atoms with Crippen molar-refractivity contribution < 1.29 is 24.2 Å². The Bertz CT molecular complexity index is 1440. The fourth-order valence-corrected chi connectivity index (χ4v) is 11.1. The lowest BCUT2D eigenvalue weighted by atomic mass is 10.0. The molecule has 0 aliphatic carbocycles. The highest BCUT2D eigenvalue weighted by Crippen LogP contribution is 2.19. The highest BCUT2D eigenvalue weighted by atomic mass is 16.6. The van der Waals surface area contributed by atoms with Gasteiger partial charge in [-0.1, -0.05) is 363 Å². The van der Waals surface area contributed by atoms with E-state index < -0.39 is 6.10 Å². The van der Waals surface area contributed by atoms with Gasteiger partial charge >= 0.3 is 11.9 Å². The lowest BCUT2D eigenvalue weighted by Crippen LogP contribution is -2.28. The van der Waals surface area contributed by atoms with Crippen LogP contribution in [0.3, 0.4) is 0 Å². The van der Waals surface area contributed by atoms with Gasteiger partial charge in [0, 0.05) is 12.8 Å². The maximum Gasteiger partial charge on any atom is 0.306 e. The molecule has 5 heteroatoms. The zero-order valence-corrected chi connectivity index (χ0v) is 55.0. The van der Waals surface area contributed by atoms with E-state index in [0.29, 0.717) is 12.8 Å². The summed E-state index contributed by atoms with van der Waals surface area (Å²) in [5.74, 6) is -0.568. The van der Waals surface area contributed by atoms with Gasteiger partial charge in [-0.3, -0.25) is 9.59 Å². The normalized spacial score (nSPS) is 12.6. The second kappa shape index (κ2) is 72.6. The molecule has 5 nitrogen and oxygen atoms in total. The van der Waals surface area contributed by atoms with E-state index in [1.165, 1.54) is 289 Å². The van der Waals surface area contributed by atoms with E-state index in [1.54, 1.807) is 0 Å². The van der Waals surface area contributed by atoms with Gasteiger partial charge in [0.05, 0.1) is 6.61 Å². The molecule has 0 spiro atoms. The summed E-state index contributed by atoms with van der Waals surface area (Å²) in [6.07, 6.45) is 101. The Balaban J connectivity index is 3.39. The van der Waals surface area contributed by atoms with Gasteiger partial charge in [-0.05, 0) is 83.5 Å². The molecule has 0 fully saturated rings. The van der Waals surface area contributed by atoms with Gasteiger partial charge in [0.15, 0.2) is 6.10 Å².